The summed E-state index contributed by atoms with van der Waals surface area (Å²) in [6.07, 6.45) is 5.49. The second-order valence-corrected chi connectivity index (χ2v) is 4.30. The number of benzene rings is 1. The molecule has 0 aliphatic heterocycles. The lowest BCUT2D eigenvalue weighted by Crippen LogP contribution is -2.11. The number of hydrogen-bond donors (Lipinski definition) is 2. The number of rotatable bonds is 4. The molecule has 0 spiro atoms. The van der Waals surface area contributed by atoms with Gasteiger partial charge >= 0.3 is 0 Å². The van der Waals surface area contributed by atoms with Gasteiger partial charge < -0.3 is 11.1 Å². The van der Waals surface area contributed by atoms with E-state index >= 15 is 0 Å². The minimum absolute atomic E-state index is 0.702. The fourth-order valence-corrected chi connectivity index (χ4v) is 2.09. The van der Waals surface area contributed by atoms with Gasteiger partial charge in [-0.3, -0.25) is 9.67 Å². The highest BCUT2D eigenvalue weighted by atomic mass is 15.3. The molecule has 0 bridgehead atoms. The molecule has 5 nitrogen and oxygen atoms in total. The zero-order valence-corrected chi connectivity index (χ0v) is 10.5. The van der Waals surface area contributed by atoms with Gasteiger partial charge in [0.05, 0.1) is 17.7 Å². The molecule has 0 fully saturated rings. The fraction of sp³-hybridized carbons (Fsp3) is 0.143. The highest BCUT2D eigenvalue weighted by molar-refractivity contribution is 5.98. The number of nitrogens with zero attached hydrogens (tertiary/aromatic N) is 3. The van der Waals surface area contributed by atoms with Crippen molar-refractivity contribution in [3.05, 3.63) is 48.9 Å². The number of anilines is 2. The van der Waals surface area contributed by atoms with Crippen molar-refractivity contribution in [3.8, 4) is 0 Å². The number of nitrogens with one attached hydrogen (secondary N) is 1. The van der Waals surface area contributed by atoms with Gasteiger partial charge in [0, 0.05) is 36.2 Å². The molecule has 0 radical (unpaired) electrons. The van der Waals surface area contributed by atoms with Crippen LogP contribution in [0.4, 0.5) is 11.4 Å². The Morgan fingerprint density at radius 2 is 2.11 bits per heavy atom. The maximum Gasteiger partial charge on any atom is 0.0951 e. The number of nitrogens with two attached hydrogens (primary N) is 1. The van der Waals surface area contributed by atoms with Crippen LogP contribution in [-0.4, -0.2) is 21.3 Å². The first-order chi connectivity index (χ1) is 9.34. The van der Waals surface area contributed by atoms with Gasteiger partial charge in [-0.15, -0.1) is 0 Å². The van der Waals surface area contributed by atoms with Crippen LogP contribution < -0.4 is 11.1 Å². The predicted octanol–water partition coefficient (Wildman–Crippen LogP) is 2.13. The Balaban J connectivity index is 1.79. The largest absolute Gasteiger partial charge is 0.397 e. The predicted molar refractivity (Wildman–Crippen MR) is 76.9 cm³/mol. The molecule has 0 aliphatic carbocycles. The van der Waals surface area contributed by atoms with Crippen LogP contribution in [-0.2, 0) is 6.54 Å². The number of fused-ring (bicyclic) bond motifs is 1. The fourth-order valence-electron chi connectivity index (χ4n) is 2.09. The first kappa shape index (κ1) is 11.5. The van der Waals surface area contributed by atoms with Crippen LogP contribution in [0.2, 0.25) is 0 Å². The molecule has 0 aliphatic rings. The van der Waals surface area contributed by atoms with E-state index in [0.29, 0.717) is 5.69 Å². The van der Waals surface area contributed by atoms with Crippen LogP contribution in [0.1, 0.15) is 0 Å². The molecule has 19 heavy (non-hydrogen) atoms. The molecule has 96 valence electrons. The molecule has 3 aromatic rings. The third-order valence-electron chi connectivity index (χ3n) is 3.02. The van der Waals surface area contributed by atoms with Gasteiger partial charge in [0.15, 0.2) is 0 Å². The van der Waals surface area contributed by atoms with E-state index in [1.54, 1.807) is 12.4 Å². The average molecular weight is 253 g/mol. The van der Waals surface area contributed by atoms with E-state index in [1.807, 2.05) is 41.2 Å². The maximum absolute atomic E-state index is 5.93. The highest BCUT2D eigenvalue weighted by Gasteiger charge is 2.04. The van der Waals surface area contributed by atoms with Gasteiger partial charge in [-0.25, -0.2) is 0 Å². The molecule has 2 aromatic heterocycles. The topological polar surface area (TPSA) is 68.8 Å². The van der Waals surface area contributed by atoms with Crippen molar-refractivity contribution in [2.45, 2.75) is 6.54 Å². The van der Waals surface area contributed by atoms with Gasteiger partial charge in [-0.05, 0) is 30.3 Å². The summed E-state index contributed by atoms with van der Waals surface area (Å²) in [7, 11) is 0. The Labute approximate surface area is 111 Å². The Bertz CT molecular complexity index is 675. The van der Waals surface area contributed by atoms with Crippen molar-refractivity contribution >= 4 is 22.3 Å². The third kappa shape index (κ3) is 2.35. The average Bonchev–Trinajstić information content (AvgIpc) is 2.95. The van der Waals surface area contributed by atoms with Crippen LogP contribution >= 0.6 is 0 Å². The zero-order valence-electron chi connectivity index (χ0n) is 10.5. The van der Waals surface area contributed by atoms with E-state index in [-0.39, 0.29) is 0 Å². The Morgan fingerprint density at radius 1 is 1.16 bits per heavy atom. The van der Waals surface area contributed by atoms with Crippen molar-refractivity contribution in [1.82, 2.24) is 14.8 Å². The van der Waals surface area contributed by atoms with E-state index in [0.717, 1.165) is 29.7 Å². The van der Waals surface area contributed by atoms with Crippen LogP contribution in [0.5, 0.6) is 0 Å². The van der Waals surface area contributed by atoms with Gasteiger partial charge in [0.25, 0.3) is 0 Å². The zero-order chi connectivity index (χ0) is 13.1. The second-order valence-electron chi connectivity index (χ2n) is 4.30. The van der Waals surface area contributed by atoms with Crippen LogP contribution in [0.25, 0.3) is 10.9 Å². The Morgan fingerprint density at radius 3 is 2.95 bits per heavy atom. The van der Waals surface area contributed by atoms with E-state index in [9.17, 15) is 0 Å². The van der Waals surface area contributed by atoms with E-state index in [4.69, 9.17) is 5.73 Å². The molecule has 5 heteroatoms. The number of nitrogen functional groups attached to an aromatic ring is 1. The van der Waals surface area contributed by atoms with Crippen molar-refractivity contribution in [2.75, 3.05) is 17.6 Å². The van der Waals surface area contributed by atoms with Crippen molar-refractivity contribution in [1.29, 1.82) is 0 Å². The molecular formula is C14H15N5. The lowest BCUT2D eigenvalue weighted by molar-refractivity contribution is 0.638. The first-order valence-electron chi connectivity index (χ1n) is 6.19. The van der Waals surface area contributed by atoms with Crippen molar-refractivity contribution < 1.29 is 0 Å². The molecular weight excluding hydrogens is 238 g/mol. The molecule has 3 N–H and O–H groups in total. The molecule has 0 amide bonds. The van der Waals surface area contributed by atoms with Gasteiger partial charge in [-0.2, -0.15) is 5.10 Å². The van der Waals surface area contributed by atoms with Crippen LogP contribution in [0.3, 0.4) is 0 Å². The summed E-state index contributed by atoms with van der Waals surface area (Å²) in [6.45, 7) is 1.62. The third-order valence-corrected chi connectivity index (χ3v) is 3.02. The quantitative estimate of drug-likeness (QED) is 0.699. The SMILES string of the molecule is Nc1ccc(NCCn2cccn2)c2cccnc12. The van der Waals surface area contributed by atoms with Gasteiger partial charge in [0.1, 0.15) is 0 Å². The van der Waals surface area contributed by atoms with Crippen molar-refractivity contribution in [2.24, 2.45) is 0 Å². The lowest BCUT2D eigenvalue weighted by Gasteiger charge is -2.10. The van der Waals surface area contributed by atoms with Gasteiger partial charge in [-0.1, -0.05) is 0 Å². The Kier molecular flexibility index (Phi) is 3.02. The summed E-state index contributed by atoms with van der Waals surface area (Å²) >= 11 is 0. The summed E-state index contributed by atoms with van der Waals surface area (Å²) in [5, 5.41) is 8.61. The summed E-state index contributed by atoms with van der Waals surface area (Å²) < 4.78 is 1.89. The summed E-state index contributed by atoms with van der Waals surface area (Å²) in [5.74, 6) is 0. The molecule has 1 aromatic carbocycles. The first-order valence-corrected chi connectivity index (χ1v) is 6.19. The van der Waals surface area contributed by atoms with E-state index < -0.39 is 0 Å². The summed E-state index contributed by atoms with van der Waals surface area (Å²) in [6, 6.07) is 9.73. The lowest BCUT2D eigenvalue weighted by atomic mass is 10.1. The monoisotopic (exact) mass is 253 g/mol. The Hall–Kier alpha value is -2.56. The van der Waals surface area contributed by atoms with E-state index in [2.05, 4.69) is 15.4 Å². The number of aromatic nitrogens is 3. The van der Waals surface area contributed by atoms with Crippen LogP contribution in [0.15, 0.2) is 48.9 Å². The molecule has 0 saturated carbocycles. The van der Waals surface area contributed by atoms with Gasteiger partial charge in [0.2, 0.25) is 0 Å². The standard InChI is InChI=1S/C14H15N5/c15-12-4-5-13(11-3-1-6-17-14(11)12)16-8-10-19-9-2-7-18-19/h1-7,9,16H,8,10,15H2. The molecule has 0 unspecified atom stereocenters. The van der Waals surface area contributed by atoms with Crippen molar-refractivity contribution in [3.63, 3.8) is 0 Å². The summed E-state index contributed by atoms with van der Waals surface area (Å²) in [4.78, 5) is 4.32. The molecule has 0 atom stereocenters. The smallest absolute Gasteiger partial charge is 0.0951 e. The highest BCUT2D eigenvalue weighted by Crippen LogP contribution is 2.26. The summed E-state index contributed by atoms with van der Waals surface area (Å²) in [5.41, 5.74) is 8.51. The minimum atomic E-state index is 0.702. The maximum atomic E-state index is 5.93. The van der Waals surface area contributed by atoms with Crippen LogP contribution in [0, 0.1) is 0 Å². The second kappa shape index (κ2) is 4.97. The van der Waals surface area contributed by atoms with E-state index in [1.165, 1.54) is 0 Å². The molecule has 3 rings (SSSR count). The normalized spacial score (nSPS) is 10.7. The number of hydrogen-bond acceptors (Lipinski definition) is 4. The minimum Gasteiger partial charge on any atom is -0.397 e. The molecule has 0 saturated heterocycles. The molecule has 2 heterocycles. The number of pyridine rings is 1.